The van der Waals surface area contributed by atoms with Gasteiger partial charge in [-0.25, -0.2) is 0 Å². The standard InChI is InChI=1S/3C17H14O.2ClH/c3*18-17(13-11-15-7-3-1-4-8-15)14-12-16-9-5-2-6-10-16;;/h3*1-14H;2*1H. The molecule has 3 nitrogen and oxygen atoms in total. The number of ketones is 3. The molecule has 56 heavy (non-hydrogen) atoms. The molecule has 0 atom stereocenters. The van der Waals surface area contributed by atoms with Crippen LogP contribution >= 0.6 is 24.8 Å². The Kier molecular flexibility index (Phi) is 22.7. The summed E-state index contributed by atoms with van der Waals surface area (Å²) in [7, 11) is 0. The molecule has 0 aliphatic heterocycles. The first-order valence-electron chi connectivity index (χ1n) is 17.5. The van der Waals surface area contributed by atoms with Crippen LogP contribution in [0.1, 0.15) is 33.4 Å². The summed E-state index contributed by atoms with van der Waals surface area (Å²) in [4.78, 5) is 34.8. The first kappa shape index (κ1) is 45.5. The topological polar surface area (TPSA) is 51.2 Å². The molecule has 280 valence electrons. The summed E-state index contributed by atoms with van der Waals surface area (Å²) < 4.78 is 0. The SMILES string of the molecule is Cl.Cl.O=C(C=Cc1ccccc1)C=Cc1ccccc1.O=C(C=Cc1ccccc1)C=Cc1ccccc1.O=C(C=Cc1ccccc1)C=Cc1ccccc1. The fourth-order valence-corrected chi connectivity index (χ4v) is 4.62. The number of carbonyl (C=O) groups is 3. The predicted octanol–water partition coefficient (Wildman–Crippen LogP) is 12.8. The fourth-order valence-electron chi connectivity index (χ4n) is 4.62. The average Bonchev–Trinajstić information content (AvgIpc) is 3.24. The summed E-state index contributed by atoms with van der Waals surface area (Å²) in [5.41, 5.74) is 6.16. The van der Waals surface area contributed by atoms with Crippen LogP contribution in [0.15, 0.2) is 218 Å². The van der Waals surface area contributed by atoms with Crippen molar-refractivity contribution in [2.75, 3.05) is 0 Å². The van der Waals surface area contributed by atoms with Crippen molar-refractivity contribution in [3.63, 3.8) is 0 Å². The number of halogens is 2. The lowest BCUT2D eigenvalue weighted by molar-refractivity contribution is -0.111. The minimum absolute atomic E-state index is 0. The van der Waals surface area contributed by atoms with Gasteiger partial charge in [-0.2, -0.15) is 0 Å². The zero-order chi connectivity index (χ0) is 37.9. The summed E-state index contributed by atoms with van der Waals surface area (Å²) in [6, 6.07) is 58.7. The van der Waals surface area contributed by atoms with Crippen molar-refractivity contribution in [3.05, 3.63) is 252 Å². The highest BCUT2D eigenvalue weighted by molar-refractivity contribution is 6.05. The van der Waals surface area contributed by atoms with E-state index in [0.717, 1.165) is 33.4 Å². The second kappa shape index (κ2) is 27.9. The number of rotatable bonds is 12. The van der Waals surface area contributed by atoms with Gasteiger partial charge in [0, 0.05) is 0 Å². The first-order valence-corrected chi connectivity index (χ1v) is 17.5. The molecule has 0 unspecified atom stereocenters. The van der Waals surface area contributed by atoms with Crippen molar-refractivity contribution in [2.45, 2.75) is 0 Å². The van der Waals surface area contributed by atoms with Gasteiger partial charge in [0.25, 0.3) is 0 Å². The van der Waals surface area contributed by atoms with E-state index in [2.05, 4.69) is 0 Å². The van der Waals surface area contributed by atoms with Crippen molar-refractivity contribution in [2.24, 2.45) is 0 Å². The highest BCUT2D eigenvalue weighted by atomic mass is 35.5. The second-order valence-electron chi connectivity index (χ2n) is 11.7. The third kappa shape index (κ3) is 20.0. The number of hydrogen-bond acceptors (Lipinski definition) is 3. The molecule has 5 heteroatoms. The first-order chi connectivity index (χ1) is 26.5. The van der Waals surface area contributed by atoms with Gasteiger partial charge in [0.15, 0.2) is 17.3 Å². The minimum Gasteiger partial charge on any atom is -0.290 e. The lowest BCUT2D eigenvalue weighted by Gasteiger charge is -1.91. The molecule has 0 spiro atoms. The monoisotopic (exact) mass is 774 g/mol. The lowest BCUT2D eigenvalue weighted by atomic mass is 10.1. The number of benzene rings is 6. The Hall–Kier alpha value is -6.65. The molecule has 0 aliphatic rings. The van der Waals surface area contributed by atoms with Crippen molar-refractivity contribution in [1.82, 2.24) is 0 Å². The summed E-state index contributed by atoms with van der Waals surface area (Å²) in [6.07, 6.45) is 20.4. The molecule has 0 fully saturated rings. The third-order valence-corrected chi connectivity index (χ3v) is 7.44. The molecule has 0 bridgehead atoms. The van der Waals surface area contributed by atoms with Crippen LogP contribution in [0.5, 0.6) is 0 Å². The molecule has 0 saturated heterocycles. The van der Waals surface area contributed by atoms with Gasteiger partial charge >= 0.3 is 0 Å². The van der Waals surface area contributed by atoms with Crippen LogP contribution in [0.25, 0.3) is 36.5 Å². The van der Waals surface area contributed by atoms with Crippen LogP contribution in [0.4, 0.5) is 0 Å². The normalized spacial score (nSPS) is 10.7. The Morgan fingerprint density at radius 3 is 0.482 bits per heavy atom. The van der Waals surface area contributed by atoms with E-state index in [1.165, 1.54) is 0 Å². The van der Waals surface area contributed by atoms with E-state index < -0.39 is 0 Å². The van der Waals surface area contributed by atoms with Crippen molar-refractivity contribution in [1.29, 1.82) is 0 Å². The Morgan fingerprint density at radius 2 is 0.357 bits per heavy atom. The van der Waals surface area contributed by atoms with E-state index in [4.69, 9.17) is 0 Å². The van der Waals surface area contributed by atoms with Crippen LogP contribution in [0, 0.1) is 0 Å². The van der Waals surface area contributed by atoms with Gasteiger partial charge in [-0.3, -0.25) is 14.4 Å². The van der Waals surface area contributed by atoms with E-state index in [1.807, 2.05) is 218 Å². The summed E-state index contributed by atoms with van der Waals surface area (Å²) in [5.74, 6) is -0.0341. The molecule has 0 saturated carbocycles. The summed E-state index contributed by atoms with van der Waals surface area (Å²) in [6.45, 7) is 0. The van der Waals surface area contributed by atoms with Crippen LogP contribution in [-0.4, -0.2) is 17.3 Å². The molecular formula is C51H44Cl2O3. The number of carbonyl (C=O) groups excluding carboxylic acids is 3. The quantitative estimate of drug-likeness (QED) is 0.116. The predicted molar refractivity (Wildman–Crippen MR) is 242 cm³/mol. The van der Waals surface area contributed by atoms with Gasteiger partial charge in [-0.15, -0.1) is 24.8 Å². The highest BCUT2D eigenvalue weighted by Gasteiger charge is 1.93. The maximum atomic E-state index is 11.6. The molecule has 6 aromatic carbocycles. The molecule has 0 radical (unpaired) electrons. The van der Waals surface area contributed by atoms with Crippen LogP contribution in [-0.2, 0) is 14.4 Å². The van der Waals surface area contributed by atoms with E-state index >= 15 is 0 Å². The van der Waals surface area contributed by atoms with Gasteiger partial charge in [0.05, 0.1) is 0 Å². The minimum atomic E-state index is -0.0114. The smallest absolute Gasteiger partial charge is 0.178 e. The van der Waals surface area contributed by atoms with Crippen molar-refractivity contribution >= 4 is 78.6 Å². The third-order valence-electron chi connectivity index (χ3n) is 7.44. The molecular weight excluding hydrogens is 731 g/mol. The zero-order valence-electron chi connectivity index (χ0n) is 30.8. The molecule has 6 rings (SSSR count). The molecule has 6 aromatic rings. The highest BCUT2D eigenvalue weighted by Crippen LogP contribution is 2.06. The maximum Gasteiger partial charge on any atom is 0.178 e. The summed E-state index contributed by atoms with van der Waals surface area (Å²) >= 11 is 0. The van der Waals surface area contributed by atoms with E-state index in [0.29, 0.717) is 0 Å². The van der Waals surface area contributed by atoms with E-state index in [-0.39, 0.29) is 42.2 Å². The zero-order valence-corrected chi connectivity index (χ0v) is 32.4. The fraction of sp³-hybridized carbons (Fsp3) is 0. The number of hydrogen-bond donors (Lipinski definition) is 0. The number of allylic oxidation sites excluding steroid dienone is 6. The van der Waals surface area contributed by atoms with Crippen LogP contribution in [0.3, 0.4) is 0 Å². The van der Waals surface area contributed by atoms with Crippen LogP contribution < -0.4 is 0 Å². The van der Waals surface area contributed by atoms with E-state index in [9.17, 15) is 14.4 Å². The molecule has 0 heterocycles. The lowest BCUT2D eigenvalue weighted by Crippen LogP contribution is -1.84. The largest absolute Gasteiger partial charge is 0.290 e. The molecule has 0 N–H and O–H groups in total. The van der Waals surface area contributed by atoms with Gasteiger partial charge < -0.3 is 0 Å². The van der Waals surface area contributed by atoms with Gasteiger partial charge in [0.1, 0.15) is 0 Å². The Bertz CT molecular complexity index is 1760. The summed E-state index contributed by atoms with van der Waals surface area (Å²) in [5, 5.41) is 0. The Balaban J connectivity index is 0.000000285. The average molecular weight is 776 g/mol. The van der Waals surface area contributed by atoms with Gasteiger partial charge in [-0.1, -0.05) is 218 Å². The van der Waals surface area contributed by atoms with Crippen LogP contribution in [0.2, 0.25) is 0 Å². The second-order valence-corrected chi connectivity index (χ2v) is 11.7. The molecule has 0 aromatic heterocycles. The molecule has 0 amide bonds. The maximum absolute atomic E-state index is 11.6. The van der Waals surface area contributed by atoms with Gasteiger partial charge in [0.2, 0.25) is 0 Å². The van der Waals surface area contributed by atoms with Crippen molar-refractivity contribution < 1.29 is 14.4 Å². The Morgan fingerprint density at radius 1 is 0.232 bits per heavy atom. The van der Waals surface area contributed by atoms with E-state index in [1.54, 1.807) is 36.5 Å². The molecule has 0 aliphatic carbocycles. The Labute approximate surface area is 343 Å². The van der Waals surface area contributed by atoms with Gasteiger partial charge in [-0.05, 0) is 69.8 Å². The van der Waals surface area contributed by atoms with Crippen molar-refractivity contribution in [3.8, 4) is 0 Å².